The van der Waals surface area contributed by atoms with Crippen LogP contribution in [0.4, 0.5) is 5.69 Å². The van der Waals surface area contributed by atoms with Crippen molar-refractivity contribution in [3.8, 4) is 5.69 Å². The molecule has 1 heterocycles. The fraction of sp³-hybridized carbons (Fsp3) is 0.333. The van der Waals surface area contributed by atoms with Crippen LogP contribution in [0.5, 0.6) is 0 Å². The van der Waals surface area contributed by atoms with Crippen LogP contribution in [0.2, 0.25) is 0 Å². The van der Waals surface area contributed by atoms with E-state index in [4.69, 9.17) is 5.73 Å². The van der Waals surface area contributed by atoms with Gasteiger partial charge >= 0.3 is 5.69 Å². The van der Waals surface area contributed by atoms with E-state index >= 15 is 0 Å². The number of nitrogens with zero attached hydrogens (tertiary/aromatic N) is 1. The van der Waals surface area contributed by atoms with Gasteiger partial charge in [0.05, 0.1) is 5.69 Å². The van der Waals surface area contributed by atoms with Crippen LogP contribution in [0.1, 0.15) is 25.7 Å². The van der Waals surface area contributed by atoms with Gasteiger partial charge in [-0.15, -0.1) is 0 Å². The first kappa shape index (κ1) is 15.1. The van der Waals surface area contributed by atoms with Gasteiger partial charge < -0.3 is 16.0 Å². The maximum Gasteiger partial charge on any atom is 0.330 e. The molecule has 0 aliphatic heterocycles. The topological polar surface area (TPSA) is 92.9 Å². The first-order valence-corrected chi connectivity index (χ1v) is 7.07. The number of aromatic amines is 1. The van der Waals surface area contributed by atoms with E-state index in [2.05, 4.69) is 10.3 Å². The standard InChI is InChI=1S/C15H20N4O2/c16-9-3-1-2-4-14(20)18-12-5-7-13(8-6-12)19-11-10-17-15(19)21/h5-8,10-11H,1-4,9,16H2,(H,17,21)(H,18,20). The lowest BCUT2D eigenvalue weighted by molar-refractivity contribution is -0.116. The van der Waals surface area contributed by atoms with Crippen molar-refractivity contribution in [2.45, 2.75) is 25.7 Å². The maximum absolute atomic E-state index is 11.7. The molecule has 21 heavy (non-hydrogen) atoms. The monoisotopic (exact) mass is 288 g/mol. The molecular formula is C15H20N4O2. The second-order valence-corrected chi connectivity index (χ2v) is 4.83. The maximum atomic E-state index is 11.7. The van der Waals surface area contributed by atoms with Gasteiger partial charge in [0.1, 0.15) is 0 Å². The van der Waals surface area contributed by atoms with Gasteiger partial charge in [0.15, 0.2) is 0 Å². The van der Waals surface area contributed by atoms with Gasteiger partial charge in [0, 0.05) is 24.5 Å². The van der Waals surface area contributed by atoms with Crippen molar-refractivity contribution in [1.29, 1.82) is 0 Å². The number of hydrogen-bond donors (Lipinski definition) is 3. The molecule has 6 heteroatoms. The smallest absolute Gasteiger partial charge is 0.330 e. The summed E-state index contributed by atoms with van der Waals surface area (Å²) in [5.41, 5.74) is 6.70. The lowest BCUT2D eigenvalue weighted by atomic mass is 10.2. The van der Waals surface area contributed by atoms with Gasteiger partial charge in [-0.05, 0) is 43.7 Å². The minimum Gasteiger partial charge on any atom is -0.330 e. The molecule has 0 spiro atoms. The highest BCUT2D eigenvalue weighted by Crippen LogP contribution is 2.12. The average Bonchev–Trinajstić information content (AvgIpc) is 2.91. The van der Waals surface area contributed by atoms with E-state index in [9.17, 15) is 9.59 Å². The number of H-pyrrole nitrogens is 1. The predicted molar refractivity (Wildman–Crippen MR) is 82.5 cm³/mol. The number of anilines is 1. The molecule has 0 unspecified atom stereocenters. The fourth-order valence-electron chi connectivity index (χ4n) is 2.06. The van der Waals surface area contributed by atoms with E-state index in [1.165, 1.54) is 4.57 Å². The van der Waals surface area contributed by atoms with Crippen molar-refractivity contribution < 1.29 is 4.79 Å². The second kappa shape index (κ2) is 7.44. The van der Waals surface area contributed by atoms with Gasteiger partial charge in [-0.25, -0.2) is 4.79 Å². The minimum absolute atomic E-state index is 0.00131. The van der Waals surface area contributed by atoms with Crippen molar-refractivity contribution in [3.63, 3.8) is 0 Å². The number of carbonyl (C=O) groups is 1. The van der Waals surface area contributed by atoms with Gasteiger partial charge in [0.2, 0.25) is 5.91 Å². The zero-order valence-corrected chi connectivity index (χ0v) is 11.8. The number of nitrogens with one attached hydrogen (secondary N) is 2. The summed E-state index contributed by atoms with van der Waals surface area (Å²) in [6.45, 7) is 0.668. The summed E-state index contributed by atoms with van der Waals surface area (Å²) in [5.74, 6) is -0.00131. The predicted octanol–water partition coefficient (Wildman–Crippen LogP) is 1.62. The molecule has 2 rings (SSSR count). The highest BCUT2D eigenvalue weighted by atomic mass is 16.2. The number of hydrogen-bond acceptors (Lipinski definition) is 3. The molecule has 1 aromatic heterocycles. The number of rotatable bonds is 7. The largest absolute Gasteiger partial charge is 0.330 e. The molecule has 0 saturated heterocycles. The van der Waals surface area contributed by atoms with Crippen LogP contribution in [-0.2, 0) is 4.79 Å². The number of imidazole rings is 1. The molecule has 0 aliphatic carbocycles. The summed E-state index contributed by atoms with van der Waals surface area (Å²) in [6.07, 6.45) is 6.51. The molecule has 4 N–H and O–H groups in total. The Morgan fingerprint density at radius 1 is 1.19 bits per heavy atom. The Morgan fingerprint density at radius 2 is 1.95 bits per heavy atom. The van der Waals surface area contributed by atoms with E-state index in [0.717, 1.165) is 30.6 Å². The molecule has 1 amide bonds. The Hall–Kier alpha value is -2.34. The van der Waals surface area contributed by atoms with Crippen molar-refractivity contribution in [1.82, 2.24) is 9.55 Å². The van der Waals surface area contributed by atoms with E-state index in [0.29, 0.717) is 13.0 Å². The van der Waals surface area contributed by atoms with E-state index in [1.807, 2.05) is 0 Å². The third-order valence-electron chi connectivity index (χ3n) is 3.19. The third kappa shape index (κ3) is 4.32. The Labute approximate surface area is 123 Å². The lowest BCUT2D eigenvalue weighted by Gasteiger charge is -2.06. The molecule has 0 aliphatic rings. The van der Waals surface area contributed by atoms with Crippen molar-refractivity contribution >= 4 is 11.6 Å². The summed E-state index contributed by atoms with van der Waals surface area (Å²) in [4.78, 5) is 25.8. The van der Waals surface area contributed by atoms with Gasteiger partial charge in [-0.2, -0.15) is 0 Å². The molecule has 2 aromatic rings. The number of carbonyl (C=O) groups excluding carboxylic acids is 1. The van der Waals surface area contributed by atoms with Crippen molar-refractivity contribution in [3.05, 3.63) is 47.1 Å². The molecule has 0 saturated carbocycles. The number of nitrogens with two attached hydrogens (primary N) is 1. The van der Waals surface area contributed by atoms with Crippen LogP contribution < -0.4 is 16.7 Å². The van der Waals surface area contributed by atoms with Crippen LogP contribution in [-0.4, -0.2) is 22.0 Å². The van der Waals surface area contributed by atoms with Crippen LogP contribution >= 0.6 is 0 Å². The van der Waals surface area contributed by atoms with Gasteiger partial charge in [0.25, 0.3) is 0 Å². The lowest BCUT2D eigenvalue weighted by Crippen LogP contribution is -2.14. The van der Waals surface area contributed by atoms with Crippen LogP contribution in [0.15, 0.2) is 41.5 Å². The minimum atomic E-state index is -0.188. The molecule has 1 aromatic carbocycles. The molecule has 0 radical (unpaired) electrons. The van der Waals surface area contributed by atoms with Crippen molar-refractivity contribution in [2.24, 2.45) is 5.73 Å². The quantitative estimate of drug-likeness (QED) is 0.676. The third-order valence-corrected chi connectivity index (χ3v) is 3.19. The summed E-state index contributed by atoms with van der Waals surface area (Å²) in [6, 6.07) is 7.15. The highest BCUT2D eigenvalue weighted by molar-refractivity contribution is 5.90. The molecule has 6 nitrogen and oxygen atoms in total. The van der Waals surface area contributed by atoms with Crippen LogP contribution in [0.25, 0.3) is 5.69 Å². The number of aromatic nitrogens is 2. The van der Waals surface area contributed by atoms with Crippen LogP contribution in [0, 0.1) is 0 Å². The normalized spacial score (nSPS) is 10.5. The number of unbranched alkanes of at least 4 members (excludes halogenated alkanes) is 2. The molecule has 112 valence electrons. The first-order chi connectivity index (χ1) is 10.2. The Kier molecular flexibility index (Phi) is 5.34. The summed E-state index contributed by atoms with van der Waals surface area (Å²) < 4.78 is 1.50. The Morgan fingerprint density at radius 3 is 2.57 bits per heavy atom. The number of benzene rings is 1. The zero-order valence-electron chi connectivity index (χ0n) is 11.8. The van der Waals surface area contributed by atoms with E-state index in [-0.39, 0.29) is 11.6 Å². The van der Waals surface area contributed by atoms with Gasteiger partial charge in [-0.3, -0.25) is 9.36 Å². The molecule has 0 atom stereocenters. The average molecular weight is 288 g/mol. The fourth-order valence-corrected chi connectivity index (χ4v) is 2.06. The van der Waals surface area contributed by atoms with E-state index in [1.54, 1.807) is 36.7 Å². The first-order valence-electron chi connectivity index (χ1n) is 7.07. The number of amides is 1. The summed E-state index contributed by atoms with van der Waals surface area (Å²) in [5, 5.41) is 2.84. The van der Waals surface area contributed by atoms with Crippen molar-refractivity contribution in [2.75, 3.05) is 11.9 Å². The summed E-state index contributed by atoms with van der Waals surface area (Å²) >= 11 is 0. The van der Waals surface area contributed by atoms with E-state index < -0.39 is 0 Å². The molecule has 0 fully saturated rings. The van der Waals surface area contributed by atoms with Gasteiger partial charge in [-0.1, -0.05) is 6.42 Å². The molecular weight excluding hydrogens is 268 g/mol. The Bertz CT molecular complexity index is 628. The summed E-state index contributed by atoms with van der Waals surface area (Å²) in [7, 11) is 0. The Balaban J connectivity index is 1.89. The SMILES string of the molecule is NCCCCCC(=O)Nc1ccc(-n2cc[nH]c2=O)cc1. The highest BCUT2D eigenvalue weighted by Gasteiger charge is 2.03. The second-order valence-electron chi connectivity index (χ2n) is 4.83. The van der Waals surface area contributed by atoms with Crippen LogP contribution in [0.3, 0.4) is 0 Å². The molecule has 0 bridgehead atoms. The zero-order chi connectivity index (χ0) is 15.1.